The van der Waals surface area contributed by atoms with Crippen LogP contribution in [0.25, 0.3) is 11.5 Å². The number of ether oxygens (including phenoxy) is 1. The maximum Gasteiger partial charge on any atom is 0.260 e. The molecule has 0 radical (unpaired) electrons. The zero-order valence-corrected chi connectivity index (χ0v) is 12.8. The first-order valence-corrected chi connectivity index (χ1v) is 7.32. The number of nitrogens with zero attached hydrogens (tertiary/aromatic N) is 2. The molecular weight excluding hydrogens is 266 g/mol. The van der Waals surface area contributed by atoms with Gasteiger partial charge in [-0.1, -0.05) is 11.2 Å². The van der Waals surface area contributed by atoms with Crippen molar-refractivity contribution in [2.24, 2.45) is 0 Å². The van der Waals surface area contributed by atoms with Crippen molar-refractivity contribution in [2.75, 3.05) is 12.8 Å². The van der Waals surface area contributed by atoms with E-state index in [9.17, 15) is 0 Å². The molecule has 1 aromatic carbocycles. The van der Waals surface area contributed by atoms with Gasteiger partial charge in [0.25, 0.3) is 5.89 Å². The molecule has 1 aliphatic rings. The molecule has 0 aliphatic heterocycles. The largest absolute Gasteiger partial charge is 0.398 e. The minimum absolute atomic E-state index is 0.393. The lowest BCUT2D eigenvalue weighted by Gasteiger charge is -2.22. The van der Waals surface area contributed by atoms with E-state index in [4.69, 9.17) is 15.0 Å². The van der Waals surface area contributed by atoms with Gasteiger partial charge in [-0.3, -0.25) is 0 Å². The van der Waals surface area contributed by atoms with E-state index in [0.717, 1.165) is 42.4 Å². The van der Waals surface area contributed by atoms with E-state index in [-0.39, 0.29) is 0 Å². The molecule has 1 saturated carbocycles. The lowest BCUT2D eigenvalue weighted by Crippen LogP contribution is -2.25. The predicted molar refractivity (Wildman–Crippen MR) is 80.8 cm³/mol. The van der Waals surface area contributed by atoms with Crippen LogP contribution in [0.2, 0.25) is 0 Å². The minimum Gasteiger partial charge on any atom is -0.398 e. The van der Waals surface area contributed by atoms with Crippen LogP contribution in [0.4, 0.5) is 5.69 Å². The summed E-state index contributed by atoms with van der Waals surface area (Å²) in [5.74, 6) is 1.11. The maximum absolute atomic E-state index is 6.15. The van der Waals surface area contributed by atoms with E-state index in [0.29, 0.717) is 17.4 Å². The third-order valence-corrected chi connectivity index (χ3v) is 4.40. The number of hydrogen-bond donors (Lipinski definition) is 1. The summed E-state index contributed by atoms with van der Waals surface area (Å²) < 4.78 is 11.2. The molecule has 2 aromatic rings. The number of hydrogen-bond acceptors (Lipinski definition) is 5. The van der Waals surface area contributed by atoms with Crippen molar-refractivity contribution >= 4 is 5.69 Å². The molecule has 2 N–H and O–H groups in total. The number of aromatic nitrogens is 2. The van der Waals surface area contributed by atoms with Crippen molar-refractivity contribution < 1.29 is 9.26 Å². The van der Waals surface area contributed by atoms with Gasteiger partial charge in [-0.25, -0.2) is 0 Å². The van der Waals surface area contributed by atoms with Crippen molar-refractivity contribution in [1.82, 2.24) is 10.1 Å². The molecule has 0 unspecified atom stereocenters. The molecule has 1 aliphatic carbocycles. The quantitative estimate of drug-likeness (QED) is 0.876. The standard InChI is InChI=1S/C16H21N3O2/c1-10-8-11(2)13(17)12(9-10)14-18-15(19-21-14)16(20-3)6-4-5-7-16/h8-9H,4-7,17H2,1-3H3. The molecule has 112 valence electrons. The zero-order chi connectivity index (χ0) is 15.0. The highest BCUT2D eigenvalue weighted by atomic mass is 16.5. The Balaban J connectivity index is 2.03. The van der Waals surface area contributed by atoms with Crippen molar-refractivity contribution in [2.45, 2.75) is 45.1 Å². The number of nitrogens with two attached hydrogens (primary N) is 1. The molecule has 5 nitrogen and oxygen atoms in total. The molecule has 1 fully saturated rings. The van der Waals surface area contributed by atoms with Crippen LogP contribution in [0, 0.1) is 13.8 Å². The van der Waals surface area contributed by atoms with Crippen LogP contribution in [0.5, 0.6) is 0 Å². The third-order valence-electron chi connectivity index (χ3n) is 4.40. The second kappa shape index (κ2) is 5.15. The number of benzene rings is 1. The van der Waals surface area contributed by atoms with Gasteiger partial charge in [0.2, 0.25) is 5.82 Å². The van der Waals surface area contributed by atoms with Crippen LogP contribution < -0.4 is 5.73 Å². The molecule has 0 amide bonds. The van der Waals surface area contributed by atoms with Gasteiger partial charge in [0.15, 0.2) is 0 Å². The Morgan fingerprint density at radius 3 is 2.62 bits per heavy atom. The van der Waals surface area contributed by atoms with Gasteiger partial charge in [0.1, 0.15) is 5.60 Å². The van der Waals surface area contributed by atoms with Gasteiger partial charge in [0.05, 0.1) is 5.56 Å². The van der Waals surface area contributed by atoms with Gasteiger partial charge >= 0.3 is 0 Å². The van der Waals surface area contributed by atoms with Gasteiger partial charge < -0.3 is 15.0 Å². The second-order valence-corrected chi connectivity index (χ2v) is 5.87. The molecular formula is C16H21N3O2. The second-order valence-electron chi connectivity index (χ2n) is 5.87. The average Bonchev–Trinajstić information content (AvgIpc) is 3.11. The van der Waals surface area contributed by atoms with Gasteiger partial charge in [-0.15, -0.1) is 0 Å². The molecule has 5 heteroatoms. The summed E-state index contributed by atoms with van der Waals surface area (Å²) in [5.41, 5.74) is 9.39. The van der Waals surface area contributed by atoms with Crippen molar-refractivity contribution in [3.8, 4) is 11.5 Å². The van der Waals surface area contributed by atoms with Gasteiger partial charge in [-0.2, -0.15) is 4.98 Å². The Labute approximate surface area is 124 Å². The molecule has 0 atom stereocenters. The fourth-order valence-electron chi connectivity index (χ4n) is 3.14. The number of nitrogen functional groups attached to an aromatic ring is 1. The first kappa shape index (κ1) is 14.1. The summed E-state index contributed by atoms with van der Waals surface area (Å²) in [6.07, 6.45) is 4.13. The Morgan fingerprint density at radius 2 is 1.95 bits per heavy atom. The first-order valence-electron chi connectivity index (χ1n) is 7.32. The van der Waals surface area contributed by atoms with Crippen molar-refractivity contribution in [3.05, 3.63) is 29.1 Å². The average molecular weight is 287 g/mol. The van der Waals surface area contributed by atoms with E-state index in [2.05, 4.69) is 10.1 Å². The van der Waals surface area contributed by atoms with E-state index in [1.807, 2.05) is 26.0 Å². The highest BCUT2D eigenvalue weighted by molar-refractivity contribution is 5.74. The zero-order valence-electron chi connectivity index (χ0n) is 12.8. The van der Waals surface area contributed by atoms with Crippen LogP contribution in [0.3, 0.4) is 0 Å². The fourth-order valence-corrected chi connectivity index (χ4v) is 3.14. The molecule has 1 aromatic heterocycles. The predicted octanol–water partition coefficient (Wildman–Crippen LogP) is 3.35. The number of aryl methyl sites for hydroxylation is 2. The Bertz CT molecular complexity index is 658. The number of methoxy groups -OCH3 is 1. The van der Waals surface area contributed by atoms with E-state index in [1.165, 1.54) is 0 Å². The first-order chi connectivity index (χ1) is 10.1. The SMILES string of the molecule is COC1(c2noc(-c3cc(C)cc(C)c3N)n2)CCCC1. The monoisotopic (exact) mass is 287 g/mol. The normalized spacial score (nSPS) is 17.3. The smallest absolute Gasteiger partial charge is 0.260 e. The maximum atomic E-state index is 6.15. The van der Waals surface area contributed by atoms with Crippen LogP contribution in [0.1, 0.15) is 42.6 Å². The van der Waals surface area contributed by atoms with E-state index < -0.39 is 5.60 Å². The van der Waals surface area contributed by atoms with Crippen molar-refractivity contribution in [3.63, 3.8) is 0 Å². The number of anilines is 1. The Morgan fingerprint density at radius 1 is 1.24 bits per heavy atom. The summed E-state index contributed by atoms with van der Waals surface area (Å²) in [4.78, 5) is 4.57. The van der Waals surface area contributed by atoms with Gasteiger partial charge in [-0.05, 0) is 56.7 Å². The Hall–Kier alpha value is -1.88. The summed E-state index contributed by atoms with van der Waals surface area (Å²) in [6.45, 7) is 4.01. The van der Waals surface area contributed by atoms with E-state index in [1.54, 1.807) is 7.11 Å². The molecule has 0 bridgehead atoms. The van der Waals surface area contributed by atoms with E-state index >= 15 is 0 Å². The highest BCUT2D eigenvalue weighted by Gasteiger charge is 2.40. The van der Waals surface area contributed by atoms with Gasteiger partial charge in [0, 0.05) is 12.8 Å². The molecule has 1 heterocycles. The summed E-state index contributed by atoms with van der Waals surface area (Å²) in [6, 6.07) is 4.03. The summed E-state index contributed by atoms with van der Waals surface area (Å²) in [5, 5.41) is 4.15. The summed E-state index contributed by atoms with van der Waals surface area (Å²) >= 11 is 0. The van der Waals surface area contributed by atoms with Crippen molar-refractivity contribution in [1.29, 1.82) is 0 Å². The summed E-state index contributed by atoms with van der Waals surface area (Å²) in [7, 11) is 1.71. The van der Waals surface area contributed by atoms with Crippen LogP contribution in [-0.2, 0) is 10.3 Å². The topological polar surface area (TPSA) is 74.2 Å². The molecule has 0 saturated heterocycles. The fraction of sp³-hybridized carbons (Fsp3) is 0.500. The molecule has 0 spiro atoms. The highest BCUT2D eigenvalue weighted by Crippen LogP contribution is 2.41. The lowest BCUT2D eigenvalue weighted by atomic mass is 10.0. The van der Waals surface area contributed by atoms with Crippen LogP contribution in [0.15, 0.2) is 16.7 Å². The molecule has 3 rings (SSSR count). The Kier molecular flexibility index (Phi) is 3.45. The van der Waals surface area contributed by atoms with Crippen LogP contribution >= 0.6 is 0 Å². The van der Waals surface area contributed by atoms with Crippen LogP contribution in [-0.4, -0.2) is 17.3 Å². The lowest BCUT2D eigenvalue weighted by molar-refractivity contribution is -0.0178. The third kappa shape index (κ3) is 2.31. The number of rotatable bonds is 3. The minimum atomic E-state index is -0.393. The molecule has 21 heavy (non-hydrogen) atoms.